The van der Waals surface area contributed by atoms with Crippen molar-refractivity contribution in [2.24, 2.45) is 0 Å². The highest BCUT2D eigenvalue weighted by molar-refractivity contribution is 5.91. The Hall–Kier alpha value is -3.00. The van der Waals surface area contributed by atoms with E-state index in [0.717, 1.165) is 6.54 Å². The fourth-order valence-corrected chi connectivity index (χ4v) is 4.44. The van der Waals surface area contributed by atoms with E-state index in [4.69, 9.17) is 0 Å². The molecule has 0 saturated carbocycles. The van der Waals surface area contributed by atoms with Gasteiger partial charge in [0.15, 0.2) is 0 Å². The van der Waals surface area contributed by atoms with Gasteiger partial charge in [-0.3, -0.25) is 0 Å². The molecule has 0 saturated heterocycles. The number of anilines is 4. The molecule has 0 spiro atoms. The first kappa shape index (κ1) is 15.3. The summed E-state index contributed by atoms with van der Waals surface area (Å²) in [6, 6.07) is 23.9. The van der Waals surface area contributed by atoms with E-state index in [2.05, 4.69) is 103 Å². The zero-order valence-electron chi connectivity index (χ0n) is 15.2. The van der Waals surface area contributed by atoms with Crippen LogP contribution in [0.5, 0.6) is 0 Å². The van der Waals surface area contributed by atoms with Gasteiger partial charge in [0.25, 0.3) is 0 Å². The monoisotopic (exact) mass is 338 g/mol. The van der Waals surface area contributed by atoms with Crippen LogP contribution in [-0.4, -0.2) is 6.54 Å². The van der Waals surface area contributed by atoms with Crippen molar-refractivity contribution in [2.75, 3.05) is 16.8 Å². The van der Waals surface area contributed by atoms with Crippen molar-refractivity contribution in [2.45, 2.75) is 19.3 Å². The average molecular weight is 338 g/mol. The van der Waals surface area contributed by atoms with E-state index in [1.54, 1.807) is 0 Å². The summed E-state index contributed by atoms with van der Waals surface area (Å²) in [6.45, 7) is 5.58. The van der Waals surface area contributed by atoms with Gasteiger partial charge in [0.2, 0.25) is 0 Å². The molecule has 26 heavy (non-hydrogen) atoms. The second-order valence-corrected chi connectivity index (χ2v) is 7.52. The minimum absolute atomic E-state index is 0.0636. The number of fused-ring (bicyclic) bond motifs is 4. The number of para-hydroxylation sites is 2. The second kappa shape index (κ2) is 5.50. The van der Waals surface area contributed by atoms with Gasteiger partial charge in [0.1, 0.15) is 0 Å². The van der Waals surface area contributed by atoms with Gasteiger partial charge in [0.05, 0.1) is 11.4 Å². The van der Waals surface area contributed by atoms with E-state index in [-0.39, 0.29) is 5.41 Å². The Balaban J connectivity index is 1.87. The first-order valence-corrected chi connectivity index (χ1v) is 9.20. The summed E-state index contributed by atoms with van der Waals surface area (Å²) >= 11 is 0. The van der Waals surface area contributed by atoms with Crippen molar-refractivity contribution in [3.8, 4) is 0 Å². The van der Waals surface area contributed by atoms with E-state index < -0.39 is 0 Å². The van der Waals surface area contributed by atoms with E-state index in [9.17, 15) is 0 Å². The third kappa shape index (κ3) is 2.05. The molecule has 2 nitrogen and oxygen atoms in total. The Morgan fingerprint density at radius 2 is 1.62 bits per heavy atom. The van der Waals surface area contributed by atoms with Crippen LogP contribution in [0.25, 0.3) is 6.08 Å². The molecule has 2 aliphatic rings. The maximum absolute atomic E-state index is 3.52. The zero-order valence-corrected chi connectivity index (χ0v) is 15.2. The predicted octanol–water partition coefficient (Wildman–Crippen LogP) is 6.23. The number of benzene rings is 3. The zero-order chi connectivity index (χ0) is 17.7. The molecule has 0 aromatic heterocycles. The minimum Gasteiger partial charge on any atom is -0.381 e. The molecule has 5 rings (SSSR count). The van der Waals surface area contributed by atoms with Crippen molar-refractivity contribution in [1.29, 1.82) is 0 Å². The minimum atomic E-state index is -0.0636. The first-order valence-electron chi connectivity index (χ1n) is 9.20. The number of rotatable bonds is 1. The molecule has 128 valence electrons. The molecule has 3 aromatic rings. The van der Waals surface area contributed by atoms with Crippen molar-refractivity contribution in [3.63, 3.8) is 0 Å². The molecule has 2 aliphatic heterocycles. The summed E-state index contributed by atoms with van der Waals surface area (Å²) in [7, 11) is 0. The summed E-state index contributed by atoms with van der Waals surface area (Å²) in [4.78, 5) is 2.40. The lowest BCUT2D eigenvalue weighted by molar-refractivity contribution is 0.630. The van der Waals surface area contributed by atoms with E-state index >= 15 is 0 Å². The summed E-state index contributed by atoms with van der Waals surface area (Å²) in [5.74, 6) is 0. The number of hydrogen-bond donors (Lipinski definition) is 1. The lowest BCUT2D eigenvalue weighted by Crippen LogP contribution is -2.32. The molecule has 0 atom stereocenters. The molecule has 1 N–H and O–H groups in total. The Morgan fingerprint density at radius 1 is 0.846 bits per heavy atom. The third-order valence-corrected chi connectivity index (χ3v) is 5.62. The Bertz CT molecular complexity index is 1020. The fourth-order valence-electron chi connectivity index (χ4n) is 4.44. The summed E-state index contributed by atoms with van der Waals surface area (Å²) in [5, 5.41) is 3.52. The van der Waals surface area contributed by atoms with Crippen molar-refractivity contribution >= 4 is 28.8 Å². The summed E-state index contributed by atoms with van der Waals surface area (Å²) in [5.41, 5.74) is 8.97. The van der Waals surface area contributed by atoms with Gasteiger partial charge in [-0.05, 0) is 41.5 Å². The van der Waals surface area contributed by atoms with Crippen LogP contribution in [0.1, 0.15) is 30.5 Å². The van der Waals surface area contributed by atoms with Crippen LogP contribution >= 0.6 is 0 Å². The van der Waals surface area contributed by atoms with Crippen LogP contribution in [0.15, 0.2) is 72.8 Å². The molecule has 0 amide bonds. The standard InChI is InChI=1S/C24H22N2/c1-24(2)19-12-6-7-13-21(19)26(17-9-4-3-5-10-17)22-15-14-20-18(23(22)24)11-8-16-25-20/h3-15,25H,16H2,1-2H3. The Morgan fingerprint density at radius 3 is 2.46 bits per heavy atom. The highest BCUT2D eigenvalue weighted by Gasteiger charge is 2.38. The van der Waals surface area contributed by atoms with Crippen LogP contribution in [0.3, 0.4) is 0 Å². The van der Waals surface area contributed by atoms with E-state index in [0.29, 0.717) is 0 Å². The molecule has 2 heteroatoms. The first-order chi connectivity index (χ1) is 12.7. The number of hydrogen-bond acceptors (Lipinski definition) is 2. The summed E-state index contributed by atoms with van der Waals surface area (Å²) in [6.07, 6.45) is 4.50. The molecule has 3 aromatic carbocycles. The van der Waals surface area contributed by atoms with Crippen LogP contribution in [0.4, 0.5) is 22.7 Å². The molecule has 0 unspecified atom stereocenters. The predicted molar refractivity (Wildman–Crippen MR) is 111 cm³/mol. The fraction of sp³-hybridized carbons (Fsp3) is 0.167. The average Bonchev–Trinajstić information content (AvgIpc) is 2.68. The molecule has 0 aliphatic carbocycles. The number of nitrogens with one attached hydrogen (secondary N) is 1. The highest BCUT2D eigenvalue weighted by Crippen LogP contribution is 2.54. The van der Waals surface area contributed by atoms with E-state index in [1.807, 2.05) is 0 Å². The SMILES string of the molecule is CC1(C)c2ccccc2N(c2ccccc2)c2ccc3c(c21)C=CCN3. The lowest BCUT2D eigenvalue weighted by atomic mass is 9.71. The van der Waals surface area contributed by atoms with Crippen molar-refractivity contribution < 1.29 is 0 Å². The van der Waals surface area contributed by atoms with Gasteiger partial charge in [-0.15, -0.1) is 0 Å². The molecule has 2 heterocycles. The highest BCUT2D eigenvalue weighted by atomic mass is 15.2. The third-order valence-electron chi connectivity index (χ3n) is 5.62. The molecular weight excluding hydrogens is 316 g/mol. The van der Waals surface area contributed by atoms with Crippen LogP contribution in [-0.2, 0) is 5.41 Å². The van der Waals surface area contributed by atoms with Gasteiger partial charge in [-0.2, -0.15) is 0 Å². The Kier molecular flexibility index (Phi) is 3.23. The maximum atomic E-state index is 3.52. The largest absolute Gasteiger partial charge is 0.381 e. The van der Waals surface area contributed by atoms with E-state index in [1.165, 1.54) is 39.4 Å². The van der Waals surface area contributed by atoms with Gasteiger partial charge < -0.3 is 10.2 Å². The van der Waals surface area contributed by atoms with Gasteiger partial charge in [0, 0.05) is 28.9 Å². The van der Waals surface area contributed by atoms with Gasteiger partial charge in [-0.1, -0.05) is 62.4 Å². The topological polar surface area (TPSA) is 15.3 Å². The Labute approximate surface area is 154 Å². The molecular formula is C24H22N2. The van der Waals surface area contributed by atoms with Gasteiger partial charge >= 0.3 is 0 Å². The van der Waals surface area contributed by atoms with Gasteiger partial charge in [-0.25, -0.2) is 0 Å². The second-order valence-electron chi connectivity index (χ2n) is 7.52. The van der Waals surface area contributed by atoms with Crippen LogP contribution in [0, 0.1) is 0 Å². The molecule has 0 bridgehead atoms. The molecule has 0 fully saturated rings. The number of nitrogens with zero attached hydrogens (tertiary/aromatic N) is 1. The van der Waals surface area contributed by atoms with Crippen molar-refractivity contribution in [3.05, 3.63) is 89.5 Å². The van der Waals surface area contributed by atoms with Crippen LogP contribution in [0.2, 0.25) is 0 Å². The lowest BCUT2D eigenvalue weighted by Gasteiger charge is -2.43. The normalized spacial score (nSPS) is 16.3. The molecule has 0 radical (unpaired) electrons. The van der Waals surface area contributed by atoms with Crippen molar-refractivity contribution in [1.82, 2.24) is 0 Å². The maximum Gasteiger partial charge on any atom is 0.0510 e. The van der Waals surface area contributed by atoms with Crippen LogP contribution < -0.4 is 10.2 Å². The quantitative estimate of drug-likeness (QED) is 0.565. The smallest absolute Gasteiger partial charge is 0.0510 e. The summed E-state index contributed by atoms with van der Waals surface area (Å²) < 4.78 is 0.